The van der Waals surface area contributed by atoms with Crippen molar-refractivity contribution in [1.82, 2.24) is 9.47 Å². The quantitative estimate of drug-likeness (QED) is 0.855. The summed E-state index contributed by atoms with van der Waals surface area (Å²) < 4.78 is 1.45. The molecular weight excluding hydrogens is 288 g/mol. The van der Waals surface area contributed by atoms with E-state index in [0.717, 1.165) is 19.4 Å². The third kappa shape index (κ3) is 3.07. The van der Waals surface area contributed by atoms with Crippen molar-refractivity contribution in [3.05, 3.63) is 70.1 Å². The van der Waals surface area contributed by atoms with Gasteiger partial charge >= 0.3 is 0 Å². The molecule has 1 saturated heterocycles. The second-order valence-electron chi connectivity index (χ2n) is 6.62. The molecule has 1 aromatic heterocycles. The first-order chi connectivity index (χ1) is 11.0. The van der Waals surface area contributed by atoms with Crippen molar-refractivity contribution < 1.29 is 4.79 Å². The number of aryl methyl sites for hydroxylation is 1. The fourth-order valence-corrected chi connectivity index (χ4v) is 3.39. The maximum Gasteiger partial charge on any atom is 0.255 e. The van der Waals surface area contributed by atoms with Crippen LogP contribution in [-0.4, -0.2) is 28.5 Å². The Balaban J connectivity index is 1.84. The maximum atomic E-state index is 12.8. The lowest BCUT2D eigenvalue weighted by Crippen LogP contribution is -2.47. The van der Waals surface area contributed by atoms with Crippen molar-refractivity contribution in [1.29, 1.82) is 0 Å². The van der Waals surface area contributed by atoms with Gasteiger partial charge in [0, 0.05) is 37.8 Å². The molecule has 23 heavy (non-hydrogen) atoms. The maximum absolute atomic E-state index is 12.8. The van der Waals surface area contributed by atoms with E-state index in [1.807, 2.05) is 23.1 Å². The molecule has 0 unspecified atom stereocenters. The number of pyridine rings is 1. The van der Waals surface area contributed by atoms with Crippen LogP contribution in [0.3, 0.4) is 0 Å². The van der Waals surface area contributed by atoms with Gasteiger partial charge in [-0.1, -0.05) is 37.3 Å². The van der Waals surface area contributed by atoms with Crippen LogP contribution < -0.4 is 5.56 Å². The molecule has 0 spiro atoms. The number of hydrogen-bond acceptors (Lipinski definition) is 2. The van der Waals surface area contributed by atoms with Gasteiger partial charge in [-0.15, -0.1) is 0 Å². The largest absolute Gasteiger partial charge is 0.338 e. The second-order valence-corrected chi connectivity index (χ2v) is 6.62. The van der Waals surface area contributed by atoms with E-state index >= 15 is 0 Å². The Morgan fingerprint density at radius 1 is 1.13 bits per heavy atom. The molecule has 1 aliphatic rings. The van der Waals surface area contributed by atoms with Gasteiger partial charge in [-0.25, -0.2) is 0 Å². The molecule has 0 radical (unpaired) electrons. The van der Waals surface area contributed by atoms with Crippen LogP contribution in [0.2, 0.25) is 0 Å². The lowest BCUT2D eigenvalue weighted by Gasteiger charge is -2.41. The summed E-state index contributed by atoms with van der Waals surface area (Å²) in [7, 11) is 1.67. The van der Waals surface area contributed by atoms with E-state index in [1.165, 1.54) is 16.2 Å². The van der Waals surface area contributed by atoms with Crippen molar-refractivity contribution >= 4 is 5.91 Å². The average Bonchev–Trinajstić information content (AvgIpc) is 2.57. The highest BCUT2D eigenvalue weighted by atomic mass is 16.2. The predicted octanol–water partition coefficient (Wildman–Crippen LogP) is 2.58. The van der Waals surface area contributed by atoms with Gasteiger partial charge in [0.05, 0.1) is 5.56 Å². The predicted molar refractivity (Wildman–Crippen MR) is 90.6 cm³/mol. The van der Waals surface area contributed by atoms with Crippen molar-refractivity contribution in [2.24, 2.45) is 7.05 Å². The van der Waals surface area contributed by atoms with E-state index in [1.54, 1.807) is 19.3 Å². The molecule has 2 heterocycles. The molecule has 2 aromatic rings. The molecule has 0 saturated carbocycles. The van der Waals surface area contributed by atoms with Crippen molar-refractivity contribution in [3.63, 3.8) is 0 Å². The van der Waals surface area contributed by atoms with Gasteiger partial charge in [0.15, 0.2) is 0 Å². The Labute approximate surface area is 136 Å². The smallest absolute Gasteiger partial charge is 0.255 e. The van der Waals surface area contributed by atoms with Crippen LogP contribution in [0.15, 0.2) is 53.5 Å². The number of nitrogens with zero attached hydrogens (tertiary/aromatic N) is 2. The Morgan fingerprint density at radius 2 is 1.87 bits per heavy atom. The van der Waals surface area contributed by atoms with Crippen LogP contribution in [-0.2, 0) is 12.5 Å². The number of likely N-dealkylation sites (tertiary alicyclic amines) is 1. The van der Waals surface area contributed by atoms with E-state index in [-0.39, 0.29) is 16.9 Å². The van der Waals surface area contributed by atoms with E-state index in [0.29, 0.717) is 12.1 Å². The molecule has 1 aromatic carbocycles. The minimum atomic E-state index is -0.102. The highest BCUT2D eigenvalue weighted by Crippen LogP contribution is 2.33. The fraction of sp³-hybridized carbons (Fsp3) is 0.368. The summed E-state index contributed by atoms with van der Waals surface area (Å²) in [6, 6.07) is 13.5. The van der Waals surface area contributed by atoms with Gasteiger partial charge < -0.3 is 9.47 Å². The molecular formula is C19H22N2O2. The summed E-state index contributed by atoms with van der Waals surface area (Å²) in [4.78, 5) is 26.2. The summed E-state index contributed by atoms with van der Waals surface area (Å²) in [6.45, 7) is 3.70. The van der Waals surface area contributed by atoms with Gasteiger partial charge in [-0.3, -0.25) is 9.59 Å². The summed E-state index contributed by atoms with van der Waals surface area (Å²) >= 11 is 0. The van der Waals surface area contributed by atoms with Crippen molar-refractivity contribution in [2.75, 3.05) is 13.1 Å². The Hall–Kier alpha value is -2.36. The lowest BCUT2D eigenvalue weighted by atomic mass is 9.76. The molecule has 0 N–H and O–H groups in total. The van der Waals surface area contributed by atoms with Gasteiger partial charge in [-0.05, 0) is 24.5 Å². The number of hydrogen-bond donors (Lipinski definition) is 0. The molecule has 1 aliphatic heterocycles. The van der Waals surface area contributed by atoms with Gasteiger partial charge in [-0.2, -0.15) is 0 Å². The number of carbonyl (C=O) groups excluding carboxylic acids is 1. The van der Waals surface area contributed by atoms with Crippen LogP contribution in [0, 0.1) is 0 Å². The molecule has 4 nitrogen and oxygen atoms in total. The minimum absolute atomic E-state index is 0.00227. The number of rotatable bonds is 2. The highest BCUT2D eigenvalue weighted by Gasteiger charge is 2.34. The Bertz CT molecular complexity index is 766. The number of amides is 1. The third-order valence-corrected chi connectivity index (χ3v) is 4.79. The molecule has 4 heteroatoms. The number of benzene rings is 1. The fourth-order valence-electron chi connectivity index (χ4n) is 3.39. The second kappa shape index (κ2) is 6.03. The normalized spacial score (nSPS) is 21.2. The first-order valence-electron chi connectivity index (χ1n) is 8.01. The number of carbonyl (C=O) groups is 1. The molecule has 3 rings (SSSR count). The monoisotopic (exact) mass is 310 g/mol. The number of aromatic nitrogens is 1. The summed E-state index contributed by atoms with van der Waals surface area (Å²) in [5.41, 5.74) is 1.73. The first kappa shape index (κ1) is 15.5. The zero-order valence-corrected chi connectivity index (χ0v) is 13.7. The SMILES string of the molecule is Cn1cc(C(=O)N2CCC[C@](C)(c3ccccc3)C2)ccc1=O. The van der Waals surface area contributed by atoms with Crippen LogP contribution in [0.5, 0.6) is 0 Å². The van der Waals surface area contributed by atoms with E-state index in [2.05, 4.69) is 19.1 Å². The van der Waals surface area contributed by atoms with E-state index < -0.39 is 0 Å². The highest BCUT2D eigenvalue weighted by molar-refractivity contribution is 5.94. The summed E-state index contributed by atoms with van der Waals surface area (Å²) in [5, 5.41) is 0. The zero-order valence-electron chi connectivity index (χ0n) is 13.7. The lowest BCUT2D eigenvalue weighted by molar-refractivity contribution is 0.0650. The van der Waals surface area contributed by atoms with Gasteiger partial charge in [0.1, 0.15) is 0 Å². The van der Waals surface area contributed by atoms with Crippen LogP contribution in [0.4, 0.5) is 0 Å². The average molecular weight is 310 g/mol. The van der Waals surface area contributed by atoms with Crippen LogP contribution >= 0.6 is 0 Å². The van der Waals surface area contributed by atoms with Gasteiger partial charge in [0.25, 0.3) is 5.91 Å². The molecule has 1 amide bonds. The molecule has 0 bridgehead atoms. The minimum Gasteiger partial charge on any atom is -0.338 e. The molecule has 1 atom stereocenters. The molecule has 0 aliphatic carbocycles. The molecule has 1 fully saturated rings. The van der Waals surface area contributed by atoms with E-state index in [4.69, 9.17) is 0 Å². The van der Waals surface area contributed by atoms with Crippen molar-refractivity contribution in [3.8, 4) is 0 Å². The van der Waals surface area contributed by atoms with E-state index in [9.17, 15) is 9.59 Å². The Morgan fingerprint density at radius 3 is 2.57 bits per heavy atom. The number of piperidine rings is 1. The summed E-state index contributed by atoms with van der Waals surface area (Å²) in [6.07, 6.45) is 3.69. The zero-order chi connectivity index (χ0) is 16.4. The van der Waals surface area contributed by atoms with Crippen molar-refractivity contribution in [2.45, 2.75) is 25.2 Å². The third-order valence-electron chi connectivity index (χ3n) is 4.79. The first-order valence-corrected chi connectivity index (χ1v) is 8.01. The summed E-state index contributed by atoms with van der Waals surface area (Å²) in [5.74, 6) is 0.00227. The van der Waals surface area contributed by atoms with Crippen LogP contribution in [0.1, 0.15) is 35.7 Å². The van der Waals surface area contributed by atoms with Crippen LogP contribution in [0.25, 0.3) is 0 Å². The molecule has 120 valence electrons. The standard InChI is InChI=1S/C19H22N2O2/c1-19(16-7-4-3-5-8-16)11-6-12-21(14-19)18(23)15-9-10-17(22)20(2)13-15/h3-5,7-10,13H,6,11-12,14H2,1-2H3/t19-/m0/s1. The van der Waals surface area contributed by atoms with Gasteiger partial charge in [0.2, 0.25) is 5.56 Å². The topological polar surface area (TPSA) is 42.3 Å². The Kier molecular flexibility index (Phi) is 4.07.